The molecule has 0 bridgehead atoms. The fourth-order valence-corrected chi connectivity index (χ4v) is 4.94. The number of aryl methyl sites for hydroxylation is 1. The Morgan fingerprint density at radius 2 is 1.56 bits per heavy atom. The van der Waals surface area contributed by atoms with Crippen molar-refractivity contribution in [2.45, 2.75) is 84.2 Å². The van der Waals surface area contributed by atoms with E-state index in [9.17, 15) is 22.0 Å². The van der Waals surface area contributed by atoms with Crippen molar-refractivity contribution in [2.75, 3.05) is 6.61 Å². The van der Waals surface area contributed by atoms with Gasteiger partial charge < -0.3 is 4.74 Å². The first-order valence-electron chi connectivity index (χ1n) is 11.9. The van der Waals surface area contributed by atoms with Crippen LogP contribution in [0.15, 0.2) is 18.2 Å². The van der Waals surface area contributed by atoms with Gasteiger partial charge in [-0.1, -0.05) is 64.9 Å². The van der Waals surface area contributed by atoms with Crippen LogP contribution in [-0.2, 0) is 12.6 Å². The topological polar surface area (TPSA) is 9.23 Å². The first-order valence-corrected chi connectivity index (χ1v) is 11.9. The van der Waals surface area contributed by atoms with Crippen molar-refractivity contribution in [1.29, 1.82) is 0 Å². The van der Waals surface area contributed by atoms with E-state index in [-0.39, 0.29) is 17.6 Å². The third-order valence-corrected chi connectivity index (χ3v) is 6.75. The predicted octanol–water partition coefficient (Wildman–Crippen LogP) is 8.85. The highest BCUT2D eigenvalue weighted by Gasteiger charge is 2.38. The highest BCUT2D eigenvalue weighted by Crippen LogP contribution is 2.43. The second-order valence-electron chi connectivity index (χ2n) is 9.11. The number of benzene rings is 2. The quantitative estimate of drug-likeness (QED) is 0.270. The lowest BCUT2D eigenvalue weighted by atomic mass is 9.78. The van der Waals surface area contributed by atoms with Crippen LogP contribution in [-0.4, -0.2) is 6.61 Å². The molecule has 32 heavy (non-hydrogen) atoms. The molecule has 0 aliphatic heterocycles. The average molecular weight is 457 g/mol. The van der Waals surface area contributed by atoms with Crippen LogP contribution < -0.4 is 4.74 Å². The molecule has 178 valence electrons. The molecule has 0 saturated heterocycles. The zero-order valence-electron chi connectivity index (χ0n) is 19.0. The van der Waals surface area contributed by atoms with Crippen molar-refractivity contribution in [3.05, 3.63) is 41.0 Å². The lowest BCUT2D eigenvalue weighted by Crippen LogP contribution is -2.15. The highest BCUT2D eigenvalue weighted by atomic mass is 19.4. The molecule has 1 aliphatic rings. The number of fused-ring (bicyclic) bond motifs is 1. The Balaban J connectivity index is 1.85. The van der Waals surface area contributed by atoms with Gasteiger partial charge in [-0.15, -0.1) is 0 Å². The van der Waals surface area contributed by atoms with E-state index in [1.54, 1.807) is 0 Å². The molecular weight excluding hydrogens is 423 g/mol. The Labute approximate surface area is 187 Å². The van der Waals surface area contributed by atoms with Crippen LogP contribution in [0.1, 0.15) is 82.8 Å². The van der Waals surface area contributed by atoms with E-state index in [4.69, 9.17) is 4.74 Å². The molecule has 0 radical (unpaired) electrons. The van der Waals surface area contributed by atoms with E-state index >= 15 is 0 Å². The minimum atomic E-state index is -4.85. The zero-order valence-corrected chi connectivity index (χ0v) is 19.0. The summed E-state index contributed by atoms with van der Waals surface area (Å²) in [5.74, 6) is -1.83. The smallest absolute Gasteiger partial charge is 0.420 e. The summed E-state index contributed by atoms with van der Waals surface area (Å²) in [5.41, 5.74) is -1.08. The summed E-state index contributed by atoms with van der Waals surface area (Å²) in [4.78, 5) is 0. The molecule has 2 aromatic rings. The molecule has 6 heteroatoms. The van der Waals surface area contributed by atoms with E-state index in [0.717, 1.165) is 31.6 Å². The molecule has 1 aliphatic carbocycles. The monoisotopic (exact) mass is 456 g/mol. The summed E-state index contributed by atoms with van der Waals surface area (Å²) >= 11 is 0. The molecule has 0 unspecified atom stereocenters. The summed E-state index contributed by atoms with van der Waals surface area (Å²) < 4.78 is 76.6. The van der Waals surface area contributed by atoms with Gasteiger partial charge in [0.05, 0.1) is 6.61 Å². The lowest BCUT2D eigenvalue weighted by molar-refractivity contribution is -0.137. The van der Waals surface area contributed by atoms with Gasteiger partial charge in [0, 0.05) is 5.39 Å². The van der Waals surface area contributed by atoms with E-state index in [2.05, 4.69) is 6.92 Å². The molecule has 0 heterocycles. The van der Waals surface area contributed by atoms with Gasteiger partial charge in [-0.2, -0.15) is 13.2 Å². The van der Waals surface area contributed by atoms with Crippen LogP contribution in [0, 0.1) is 23.5 Å². The largest absolute Gasteiger partial charge is 0.493 e. The van der Waals surface area contributed by atoms with Crippen LogP contribution in [0.25, 0.3) is 10.8 Å². The molecule has 0 atom stereocenters. The van der Waals surface area contributed by atoms with Gasteiger partial charge in [0.2, 0.25) is 0 Å². The minimum absolute atomic E-state index is 0.0562. The summed E-state index contributed by atoms with van der Waals surface area (Å²) in [6.45, 7) is 4.17. The molecule has 0 N–H and O–H groups in total. The number of hydrogen-bond acceptors (Lipinski definition) is 1. The normalized spacial score (nSPS) is 19.5. The molecule has 0 aromatic heterocycles. The van der Waals surface area contributed by atoms with Gasteiger partial charge >= 0.3 is 6.18 Å². The Hall–Kier alpha value is -1.85. The fraction of sp³-hybridized carbons (Fsp3) is 0.615. The van der Waals surface area contributed by atoms with Crippen molar-refractivity contribution in [1.82, 2.24) is 0 Å². The Kier molecular flexibility index (Phi) is 8.40. The second kappa shape index (κ2) is 10.8. The first-order chi connectivity index (χ1) is 15.3. The number of ether oxygens (including phenoxy) is 1. The average Bonchev–Trinajstić information content (AvgIpc) is 2.76. The number of rotatable bonds is 9. The molecule has 0 amide bonds. The van der Waals surface area contributed by atoms with Gasteiger partial charge in [-0.25, -0.2) is 8.78 Å². The lowest BCUT2D eigenvalue weighted by Gasteiger charge is -2.28. The molecule has 1 fully saturated rings. The van der Waals surface area contributed by atoms with Crippen LogP contribution in [0.2, 0.25) is 0 Å². The number of halogens is 5. The van der Waals surface area contributed by atoms with E-state index in [1.807, 2.05) is 6.92 Å². The standard InChI is InChI=1S/C26H33F5O/c1-3-5-15-32-21-14-13-19-16-20(12-11-18-9-7-17(6-4-2)8-10-18)24(27)25(28)22(19)23(21)26(29,30)31/h13-14,16-18H,3-12,15H2,1-2H3. The third-order valence-electron chi connectivity index (χ3n) is 6.75. The molecule has 0 spiro atoms. The number of alkyl halides is 3. The number of unbranched alkanes of at least 4 members (excludes halogenated alkanes) is 1. The Morgan fingerprint density at radius 3 is 2.16 bits per heavy atom. The maximum atomic E-state index is 15.0. The highest BCUT2D eigenvalue weighted by molar-refractivity contribution is 5.89. The first kappa shape index (κ1) is 24.8. The zero-order chi connectivity index (χ0) is 23.3. The van der Waals surface area contributed by atoms with E-state index < -0.39 is 34.5 Å². The fourth-order valence-electron chi connectivity index (χ4n) is 4.94. The third kappa shape index (κ3) is 5.74. The summed E-state index contributed by atoms with van der Waals surface area (Å²) in [6, 6.07) is 3.99. The van der Waals surface area contributed by atoms with Crippen molar-refractivity contribution < 1.29 is 26.7 Å². The molecule has 2 aromatic carbocycles. The molecule has 1 nitrogen and oxygen atoms in total. The maximum Gasteiger partial charge on any atom is 0.420 e. The predicted molar refractivity (Wildman–Crippen MR) is 118 cm³/mol. The minimum Gasteiger partial charge on any atom is -0.493 e. The van der Waals surface area contributed by atoms with Gasteiger partial charge in [0.15, 0.2) is 11.6 Å². The SMILES string of the molecule is CCCCOc1ccc2cc(CCC3CCC(CCC)CC3)c(F)c(F)c2c1C(F)(F)F. The Bertz CT molecular complexity index is 897. The van der Waals surface area contributed by atoms with Gasteiger partial charge in [0.1, 0.15) is 11.3 Å². The van der Waals surface area contributed by atoms with Crippen molar-refractivity contribution in [2.24, 2.45) is 11.8 Å². The van der Waals surface area contributed by atoms with Crippen molar-refractivity contribution in [3.63, 3.8) is 0 Å². The Morgan fingerprint density at radius 1 is 0.906 bits per heavy atom. The van der Waals surface area contributed by atoms with E-state index in [1.165, 1.54) is 43.9 Å². The maximum absolute atomic E-state index is 15.0. The van der Waals surface area contributed by atoms with Gasteiger partial charge in [0.25, 0.3) is 0 Å². The van der Waals surface area contributed by atoms with Crippen LogP contribution in [0.3, 0.4) is 0 Å². The summed E-state index contributed by atoms with van der Waals surface area (Å²) in [5, 5.41) is -0.687. The van der Waals surface area contributed by atoms with Crippen LogP contribution >= 0.6 is 0 Å². The molecule has 1 saturated carbocycles. The van der Waals surface area contributed by atoms with Gasteiger partial charge in [-0.05, 0) is 54.2 Å². The summed E-state index contributed by atoms with van der Waals surface area (Å²) in [6.07, 6.45) is 4.46. The van der Waals surface area contributed by atoms with Gasteiger partial charge in [-0.3, -0.25) is 0 Å². The van der Waals surface area contributed by atoms with Crippen molar-refractivity contribution in [3.8, 4) is 5.75 Å². The molecule has 3 rings (SSSR count). The second-order valence-corrected chi connectivity index (χ2v) is 9.11. The van der Waals surface area contributed by atoms with E-state index in [0.29, 0.717) is 18.8 Å². The summed E-state index contributed by atoms with van der Waals surface area (Å²) in [7, 11) is 0. The number of hydrogen-bond donors (Lipinski definition) is 0. The molecular formula is C26H33F5O. The van der Waals surface area contributed by atoms with Crippen molar-refractivity contribution >= 4 is 10.8 Å². The van der Waals surface area contributed by atoms with Crippen LogP contribution in [0.5, 0.6) is 5.75 Å². The van der Waals surface area contributed by atoms with Crippen LogP contribution in [0.4, 0.5) is 22.0 Å².